The highest BCUT2D eigenvalue weighted by Crippen LogP contribution is 2.42. The summed E-state index contributed by atoms with van der Waals surface area (Å²) in [6.07, 6.45) is 0.462. The first kappa shape index (κ1) is 40.5. The van der Waals surface area contributed by atoms with Crippen LogP contribution in [0.15, 0.2) is 33.5 Å². The SMILES string of the molecule is CCn1cc(C[N+]2(CC3=C(C(=O)OC)N4CC(NC(=O)C(=NOC(CC(=O)O)C(=O)O)c5nc(N)sc5Cl)C4SC3)CCCC2)c(=O)c2c(F)c(O)c(O)cc21. The zero-order chi connectivity index (χ0) is 40.6. The van der Waals surface area contributed by atoms with Crippen LogP contribution in [0.5, 0.6) is 11.5 Å². The fraction of sp³-hybridized carbons (Fsp3) is 0.441. The van der Waals surface area contributed by atoms with Crippen LogP contribution >= 0.6 is 34.7 Å². The number of carbonyl (C=O) groups excluding carboxylic acids is 2. The van der Waals surface area contributed by atoms with Gasteiger partial charge in [-0.05, 0) is 6.92 Å². The summed E-state index contributed by atoms with van der Waals surface area (Å²) in [6, 6.07) is 0.589. The molecule has 2 aromatic heterocycles. The van der Waals surface area contributed by atoms with Crippen molar-refractivity contribution in [2.45, 2.75) is 56.8 Å². The molecule has 0 saturated carbocycles. The van der Waals surface area contributed by atoms with Gasteiger partial charge in [0, 0.05) is 49.5 Å². The third-order valence-corrected chi connectivity index (χ3v) is 12.5. The van der Waals surface area contributed by atoms with Crippen molar-refractivity contribution in [3.63, 3.8) is 0 Å². The number of hydrogen-bond acceptors (Lipinski definition) is 15. The summed E-state index contributed by atoms with van der Waals surface area (Å²) < 4.78 is 22.5. The van der Waals surface area contributed by atoms with Gasteiger partial charge in [-0.25, -0.2) is 19.0 Å². The molecule has 3 aromatic rings. The Morgan fingerprint density at radius 3 is 2.54 bits per heavy atom. The molecule has 0 bridgehead atoms. The Bertz CT molecular complexity index is 2240. The lowest BCUT2D eigenvalue weighted by molar-refractivity contribution is -0.925. The van der Waals surface area contributed by atoms with Crippen molar-refractivity contribution < 1.29 is 58.1 Å². The Hall–Kier alpha value is -5.12. The van der Waals surface area contributed by atoms with Crippen LogP contribution in [0.25, 0.3) is 10.9 Å². The first-order chi connectivity index (χ1) is 26.6. The summed E-state index contributed by atoms with van der Waals surface area (Å²) in [6.45, 7) is 4.23. The molecule has 5 heterocycles. The molecule has 3 aliphatic rings. The number of amides is 1. The number of oxime groups is 1. The molecule has 1 aromatic carbocycles. The van der Waals surface area contributed by atoms with Crippen LogP contribution in [0.4, 0.5) is 9.52 Å². The molecule has 18 nitrogen and oxygen atoms in total. The summed E-state index contributed by atoms with van der Waals surface area (Å²) in [5.74, 6) is -7.08. The van der Waals surface area contributed by atoms with E-state index in [-0.39, 0.29) is 39.2 Å². The summed E-state index contributed by atoms with van der Waals surface area (Å²) in [4.78, 5) is 74.4. The highest BCUT2D eigenvalue weighted by Gasteiger charge is 2.49. The number of carboxylic acids is 2. The first-order valence-corrected chi connectivity index (χ1v) is 19.5. The number of nitrogens with two attached hydrogens (primary N) is 1. The number of rotatable bonds is 14. The Morgan fingerprint density at radius 1 is 1.21 bits per heavy atom. The molecule has 6 rings (SSSR count). The number of phenolic OH excluding ortho intramolecular Hbond substituents is 2. The van der Waals surface area contributed by atoms with E-state index in [0.717, 1.165) is 35.8 Å². The van der Waals surface area contributed by atoms with Crippen molar-refractivity contribution in [2.24, 2.45) is 5.16 Å². The number of fused-ring (bicyclic) bond motifs is 2. The number of nitrogens with one attached hydrogen (secondary N) is 1. The fourth-order valence-corrected chi connectivity index (χ4v) is 9.64. The number of carbonyl (C=O) groups is 4. The lowest BCUT2D eigenvalue weighted by atomic mass is 10.0. The highest BCUT2D eigenvalue weighted by molar-refractivity contribution is 8.00. The Balaban J connectivity index is 1.26. The van der Waals surface area contributed by atoms with Gasteiger partial charge < -0.3 is 55.0 Å². The summed E-state index contributed by atoms with van der Waals surface area (Å²) >= 11 is 8.52. The van der Waals surface area contributed by atoms with Gasteiger partial charge >= 0.3 is 17.9 Å². The number of likely N-dealkylation sites (tertiary alicyclic amines) is 1. The fourth-order valence-electron chi connectivity index (χ4n) is 7.35. The lowest BCUT2D eigenvalue weighted by Crippen LogP contribution is -2.67. The maximum atomic E-state index is 15.3. The molecular weight excluding hydrogens is 801 g/mol. The second-order valence-electron chi connectivity index (χ2n) is 13.6. The van der Waals surface area contributed by atoms with Crippen molar-refractivity contribution in [2.75, 3.05) is 44.8 Å². The van der Waals surface area contributed by atoms with Crippen molar-refractivity contribution in [1.29, 1.82) is 0 Å². The number of anilines is 1. The number of thioether (sulfide) groups is 1. The predicted molar refractivity (Wildman–Crippen MR) is 202 cm³/mol. The van der Waals surface area contributed by atoms with E-state index >= 15 is 4.39 Å². The minimum absolute atomic E-state index is 0.0225. The van der Waals surface area contributed by atoms with Crippen molar-refractivity contribution in [1.82, 2.24) is 19.8 Å². The number of aryl methyl sites for hydroxylation is 1. The maximum absolute atomic E-state index is 15.3. The topological polar surface area (TPSA) is 256 Å². The second-order valence-corrected chi connectivity index (χ2v) is 16.3. The number of ether oxygens (including phenoxy) is 1. The molecule has 2 saturated heterocycles. The average Bonchev–Trinajstić information content (AvgIpc) is 3.74. The third kappa shape index (κ3) is 7.80. The number of carboxylic acid groups (broad SMARTS) is 2. The average molecular weight is 839 g/mol. The Labute approximate surface area is 330 Å². The quantitative estimate of drug-likeness (QED) is 0.0447. The van der Waals surface area contributed by atoms with E-state index in [2.05, 4.69) is 15.5 Å². The zero-order valence-corrected chi connectivity index (χ0v) is 32.4. The number of halogens is 2. The molecule has 56 heavy (non-hydrogen) atoms. The van der Waals surface area contributed by atoms with Gasteiger partial charge in [0.25, 0.3) is 5.91 Å². The van der Waals surface area contributed by atoms with E-state index in [9.17, 15) is 39.3 Å². The highest BCUT2D eigenvalue weighted by atomic mass is 35.5. The normalized spacial score (nSPS) is 19.6. The number of phenols is 2. The molecule has 3 atom stereocenters. The molecule has 0 aliphatic carbocycles. The molecule has 0 radical (unpaired) electrons. The number of aromatic hydroxyl groups is 2. The van der Waals surface area contributed by atoms with Gasteiger partial charge in [-0.15, -0.1) is 11.8 Å². The van der Waals surface area contributed by atoms with E-state index in [1.165, 1.54) is 18.9 Å². The summed E-state index contributed by atoms with van der Waals surface area (Å²) in [5.41, 5.74) is 5.97. The Morgan fingerprint density at radius 2 is 1.93 bits per heavy atom. The molecule has 22 heteroatoms. The van der Waals surface area contributed by atoms with Crippen LogP contribution in [0.2, 0.25) is 4.34 Å². The van der Waals surface area contributed by atoms with Crippen LogP contribution in [-0.2, 0) is 41.8 Å². The molecule has 0 spiro atoms. The smallest absolute Gasteiger partial charge is 0.354 e. The Kier molecular flexibility index (Phi) is 11.7. The second kappa shape index (κ2) is 16.2. The van der Waals surface area contributed by atoms with Crippen LogP contribution in [-0.4, -0.2) is 125 Å². The van der Waals surface area contributed by atoms with E-state index in [0.29, 0.717) is 47.7 Å². The largest absolute Gasteiger partial charge is 0.504 e. The van der Waals surface area contributed by atoms with Gasteiger partial charge in [0.2, 0.25) is 11.5 Å². The maximum Gasteiger partial charge on any atom is 0.354 e. The number of esters is 1. The van der Waals surface area contributed by atoms with Gasteiger partial charge in [0.05, 0.1) is 54.5 Å². The van der Waals surface area contributed by atoms with Gasteiger partial charge in [-0.3, -0.25) is 14.4 Å². The van der Waals surface area contributed by atoms with E-state index in [4.69, 9.17) is 32.0 Å². The summed E-state index contributed by atoms with van der Waals surface area (Å²) in [5, 5.41) is 44.3. The minimum atomic E-state index is -1.93. The van der Waals surface area contributed by atoms with Gasteiger partial charge in [-0.1, -0.05) is 28.1 Å². The van der Waals surface area contributed by atoms with Crippen LogP contribution < -0.4 is 16.5 Å². The number of pyridine rings is 1. The number of benzene rings is 1. The third-order valence-electron chi connectivity index (χ3n) is 9.97. The predicted octanol–water partition coefficient (Wildman–Crippen LogP) is 2.02. The number of thiazole rings is 1. The number of nitrogens with zero attached hydrogens (tertiary/aromatic N) is 5. The van der Waals surface area contributed by atoms with E-state index < -0.39 is 76.2 Å². The number of hydrogen-bond donors (Lipinski definition) is 6. The standard InChI is InChI=1S/C34H37ClFN7O11S2/c1-3-41-10-15(27(47)22-18(41)8-19(44)28(48)23(22)36)12-43(6-4-5-7-43)13-16-14-55-31-17(11-42(31)26(16)33(52)53-2)38-30(49)25(24-29(35)56-34(37)39-24)40-54-20(32(50)51)9-21(45)46/h8,10,17,20,31H,3-7,9,11-14H2,1-2H3,(H6-,37,38,39,40,44,45,46,47,48,49,50,51)/p+1. The number of aromatic nitrogens is 2. The molecule has 1 amide bonds. The first-order valence-electron chi connectivity index (χ1n) is 17.3. The van der Waals surface area contributed by atoms with Crippen LogP contribution in [0.3, 0.4) is 0 Å². The molecule has 3 unspecified atom stereocenters. The number of quaternary nitrogens is 1. The van der Waals surface area contributed by atoms with Crippen molar-refractivity contribution in [3.05, 3.63) is 55.2 Å². The number of nitrogen functional groups attached to an aromatic ring is 1. The summed E-state index contributed by atoms with van der Waals surface area (Å²) in [7, 11) is 1.26. The number of methoxy groups -OCH3 is 1. The van der Waals surface area contributed by atoms with E-state index in [1.807, 2.05) is 6.92 Å². The molecule has 3 aliphatic heterocycles. The number of aliphatic carboxylic acids is 2. The van der Waals surface area contributed by atoms with Crippen molar-refractivity contribution >= 4 is 80.3 Å². The molecule has 7 N–H and O–H groups in total. The van der Waals surface area contributed by atoms with Gasteiger partial charge in [0.15, 0.2) is 28.2 Å². The minimum Gasteiger partial charge on any atom is -0.504 e. The van der Waals surface area contributed by atoms with Gasteiger partial charge in [-0.2, -0.15) is 0 Å². The molecular formula is C34H38ClFN7O11S2+. The molecule has 2 fully saturated rings. The monoisotopic (exact) mass is 838 g/mol. The van der Waals surface area contributed by atoms with Gasteiger partial charge in [0.1, 0.15) is 28.8 Å². The van der Waals surface area contributed by atoms with E-state index in [1.54, 1.807) is 15.7 Å². The lowest BCUT2D eigenvalue weighted by Gasteiger charge is -2.52. The van der Waals surface area contributed by atoms with Crippen LogP contribution in [0, 0.1) is 5.82 Å². The zero-order valence-electron chi connectivity index (χ0n) is 30.0. The molecule has 300 valence electrons. The van der Waals surface area contributed by atoms with Crippen LogP contribution in [0.1, 0.15) is 37.4 Å². The van der Waals surface area contributed by atoms with Crippen molar-refractivity contribution in [3.8, 4) is 11.5 Å².